The Morgan fingerprint density at radius 2 is 0.750 bits per heavy atom. The lowest BCUT2D eigenvalue weighted by atomic mass is 9.76. The van der Waals surface area contributed by atoms with Crippen LogP contribution in [0.4, 0.5) is 0 Å². The molecule has 32 heavy (non-hydrogen) atoms. The van der Waals surface area contributed by atoms with Crippen molar-refractivity contribution >= 4 is 52.8 Å². The molecule has 174 valence electrons. The van der Waals surface area contributed by atoms with E-state index in [2.05, 4.69) is 114 Å². The van der Waals surface area contributed by atoms with Crippen LogP contribution >= 0.6 is 0 Å². The average molecular weight is 527 g/mol. The minimum atomic E-state index is -0.463. The quantitative estimate of drug-likeness (QED) is 0.258. The number of fused-ring (bicyclic) bond motifs is 1. The van der Waals surface area contributed by atoms with E-state index < -0.39 is 35.2 Å². The molecular weight excluding hydrogens is 481 g/mol. The summed E-state index contributed by atoms with van der Waals surface area (Å²) in [6.07, 6.45) is 0. The fourth-order valence-electron chi connectivity index (χ4n) is 7.19. The Hall–Kier alpha value is 0.261. The Kier molecular flexibility index (Phi) is 8.80. The lowest BCUT2D eigenvalue weighted by Crippen LogP contribution is -2.48. The van der Waals surface area contributed by atoms with Gasteiger partial charge in [-0.05, 0) is 44.4 Å². The summed E-state index contributed by atoms with van der Waals surface area (Å²) in [6, 6.07) is 9.79. The molecule has 0 heterocycles. The summed E-state index contributed by atoms with van der Waals surface area (Å²) in [5.74, 6) is 0. The van der Waals surface area contributed by atoms with Crippen molar-refractivity contribution < 1.29 is 0 Å². The predicted molar refractivity (Wildman–Crippen MR) is 159 cm³/mol. The van der Waals surface area contributed by atoms with E-state index in [9.17, 15) is 0 Å². The molecule has 6 heteroatoms. The third kappa shape index (κ3) is 4.57. The molecule has 0 amide bonds. The van der Waals surface area contributed by atoms with Gasteiger partial charge in [-0.15, -0.1) is 0 Å². The van der Waals surface area contributed by atoms with E-state index in [4.69, 9.17) is 0 Å². The highest BCUT2D eigenvalue weighted by Gasteiger charge is 2.54. The Balaban J connectivity index is 2.46. The fraction of sp³-hybridized carbons (Fsp3) is 0.692. The highest BCUT2D eigenvalue weighted by molar-refractivity contribution is 6.72. The number of rotatable bonds is 6. The molecule has 0 fully saturated rings. The maximum atomic E-state index is 2.67. The first-order chi connectivity index (χ1) is 14.9. The molecule has 0 aromatic heterocycles. The van der Waals surface area contributed by atoms with Crippen molar-refractivity contribution in [2.45, 2.75) is 112 Å². The molecule has 1 aromatic rings. The molecule has 0 bridgehead atoms. The van der Waals surface area contributed by atoms with Gasteiger partial charge in [0.1, 0.15) is 0 Å². The lowest BCUT2D eigenvalue weighted by molar-refractivity contribution is 0.589. The van der Waals surface area contributed by atoms with Gasteiger partial charge in [0.25, 0.3) is 0 Å². The molecule has 2 aliphatic rings. The van der Waals surface area contributed by atoms with Gasteiger partial charge in [0.05, 0.1) is 17.6 Å². The molecule has 6 radical (unpaired) electrons. The van der Waals surface area contributed by atoms with Crippen LogP contribution in [-0.2, 0) is 0 Å². The van der Waals surface area contributed by atoms with Gasteiger partial charge in [-0.3, -0.25) is 0 Å². The van der Waals surface area contributed by atoms with Gasteiger partial charge in [0, 0.05) is 35.2 Å². The fourth-order valence-corrected chi connectivity index (χ4v) is 24.9. The van der Waals surface area contributed by atoms with Crippen LogP contribution in [0.3, 0.4) is 0 Å². The van der Waals surface area contributed by atoms with Crippen molar-refractivity contribution in [1.29, 1.82) is 0 Å². The highest BCUT2D eigenvalue weighted by atomic mass is 28.3. The van der Waals surface area contributed by atoms with Crippen LogP contribution < -0.4 is 0 Å². The number of allylic oxidation sites excluding steroid dienone is 2. The van der Waals surface area contributed by atoms with E-state index >= 15 is 0 Å². The van der Waals surface area contributed by atoms with Gasteiger partial charge in [0.15, 0.2) is 0 Å². The normalized spacial score (nSPS) is 30.8. The van der Waals surface area contributed by atoms with Crippen molar-refractivity contribution in [1.82, 2.24) is 0 Å². The zero-order valence-corrected chi connectivity index (χ0v) is 28.8. The second-order valence-corrected chi connectivity index (χ2v) is 28.5. The van der Waals surface area contributed by atoms with Crippen LogP contribution in [0.1, 0.15) is 22.2 Å². The maximum Gasteiger partial charge on any atom is 0.0551 e. The van der Waals surface area contributed by atoms with Crippen LogP contribution in [0.5, 0.6) is 0 Å². The average Bonchev–Trinajstić information content (AvgIpc) is 2.68. The van der Waals surface area contributed by atoms with E-state index in [0.717, 1.165) is 33.2 Å². The molecule has 0 spiro atoms. The van der Waals surface area contributed by atoms with Gasteiger partial charge in [-0.2, -0.15) is 0 Å². The van der Waals surface area contributed by atoms with Crippen molar-refractivity contribution in [3.05, 3.63) is 46.5 Å². The largest absolute Gasteiger partial charge is 0.0711 e. The molecule has 0 aliphatic heterocycles. The van der Waals surface area contributed by atoms with E-state index in [0.29, 0.717) is 0 Å². The van der Waals surface area contributed by atoms with Gasteiger partial charge >= 0.3 is 0 Å². The minimum absolute atomic E-state index is 0.346. The van der Waals surface area contributed by atoms with E-state index in [1.807, 2.05) is 0 Å². The van der Waals surface area contributed by atoms with Crippen molar-refractivity contribution in [3.8, 4) is 0 Å². The Labute approximate surface area is 210 Å². The second kappa shape index (κ2) is 10.5. The molecule has 6 atom stereocenters. The summed E-state index contributed by atoms with van der Waals surface area (Å²) in [7, 11) is -2.43. The summed E-state index contributed by atoms with van der Waals surface area (Å²) < 4.78 is 0. The molecule has 0 unspecified atom stereocenters. The zero-order valence-electron chi connectivity index (χ0n) is 22.8. The molecule has 1 aromatic carbocycles. The molecule has 0 nitrogen and oxygen atoms in total. The third-order valence-electron chi connectivity index (χ3n) is 8.08. The zero-order chi connectivity index (χ0) is 24.1. The third-order valence-corrected chi connectivity index (χ3v) is 20.5. The molecule has 2 aliphatic carbocycles. The van der Waals surface area contributed by atoms with E-state index in [-0.39, 0.29) is 17.6 Å². The second-order valence-electron chi connectivity index (χ2n) is 11.9. The molecule has 0 saturated carbocycles. The minimum Gasteiger partial charge on any atom is -0.0711 e. The van der Waals surface area contributed by atoms with Gasteiger partial charge in [-0.25, -0.2) is 0 Å². The molecular formula is C26H46Si6. The van der Waals surface area contributed by atoms with Crippen LogP contribution in [0.2, 0.25) is 101 Å². The lowest BCUT2D eigenvalue weighted by Gasteiger charge is -2.57. The first-order valence-electron chi connectivity index (χ1n) is 12.5. The van der Waals surface area contributed by atoms with Crippen molar-refractivity contribution in [2.75, 3.05) is 0 Å². The Morgan fingerprint density at radius 3 is 0.969 bits per heavy atom. The van der Waals surface area contributed by atoms with Crippen LogP contribution in [0, 0.1) is 0 Å². The van der Waals surface area contributed by atoms with E-state index in [1.165, 1.54) is 0 Å². The van der Waals surface area contributed by atoms with Crippen LogP contribution in [-0.4, -0.2) is 52.8 Å². The smallest absolute Gasteiger partial charge is 0.0551 e. The van der Waals surface area contributed by atoms with Gasteiger partial charge in [-0.1, -0.05) is 114 Å². The predicted octanol–water partition coefficient (Wildman–Crippen LogP) is 8.26. The summed E-state index contributed by atoms with van der Waals surface area (Å²) in [4.78, 5) is 0. The maximum absolute atomic E-state index is 2.67. The van der Waals surface area contributed by atoms with Gasteiger partial charge in [0.2, 0.25) is 0 Å². The Morgan fingerprint density at radius 1 is 0.438 bits per heavy atom. The summed E-state index contributed by atoms with van der Waals surface area (Å²) in [5, 5.41) is 0. The number of hydrogen-bond donors (Lipinski definition) is 0. The molecule has 0 N–H and O–H groups in total. The summed E-state index contributed by atoms with van der Waals surface area (Å²) in [5.41, 5.74) is 13.0. The molecule has 0 saturated heterocycles. The molecule has 3 rings (SSSR count). The number of benzene rings is 1. The summed E-state index contributed by atoms with van der Waals surface area (Å²) in [6.45, 7) is 31.9. The van der Waals surface area contributed by atoms with Gasteiger partial charge < -0.3 is 0 Å². The highest BCUT2D eigenvalue weighted by Crippen LogP contribution is 2.66. The standard InChI is InChI=1S/C26H46Si6/c1-27(2)21-17-15-13-14-16-18(17)22(28(3)4)20-19(21)23(29(5)6)25(31(9)10)26(32(11)12)24(20)30(7)8/h13-16,21-26H,1-12H3/t21-,22+,23+,24-,25-,26+. The number of hydrogen-bond acceptors (Lipinski definition) is 0. The van der Waals surface area contributed by atoms with Crippen LogP contribution in [0.25, 0.3) is 0 Å². The van der Waals surface area contributed by atoms with Crippen LogP contribution in [0.15, 0.2) is 35.4 Å². The monoisotopic (exact) mass is 526 g/mol. The first-order valence-corrected chi connectivity index (χ1v) is 28.0. The SMILES string of the molecule is C[Si](C)[C@@H]1[C@H]([Si](C)C)[C@@H]([Si](C)C)C2=C([C@@H]([Si](C)C)c3ccccc3[C@H]2[Si](C)C)[C@H]1[Si](C)C. The topological polar surface area (TPSA) is 0 Å². The first kappa shape index (κ1) is 26.9. The van der Waals surface area contributed by atoms with E-state index in [1.54, 1.807) is 11.1 Å². The Bertz CT molecular complexity index is 758. The van der Waals surface area contributed by atoms with Crippen molar-refractivity contribution in [3.63, 3.8) is 0 Å². The van der Waals surface area contributed by atoms with Crippen molar-refractivity contribution in [2.24, 2.45) is 0 Å². The summed E-state index contributed by atoms with van der Waals surface area (Å²) >= 11 is 0.